The van der Waals surface area contributed by atoms with Gasteiger partial charge in [0, 0.05) is 6.61 Å². The number of rotatable bonds is 13. The molecular formula is C28H32O5. The molecule has 0 spiro atoms. The smallest absolute Gasteiger partial charge is 0.210 e. The first-order valence-electron chi connectivity index (χ1n) is 11.3. The monoisotopic (exact) mass is 450 g/mol. The molecule has 3 aromatic carbocycles. The third-order valence-corrected chi connectivity index (χ3v) is 5.55. The van der Waals surface area contributed by atoms with Crippen LogP contribution in [0.4, 0.5) is 0 Å². The second-order valence-corrected chi connectivity index (χ2v) is 7.87. The highest BCUT2D eigenvalue weighted by Crippen LogP contribution is 2.33. The molecule has 174 valence electrons. The molecule has 0 aliphatic heterocycles. The summed E-state index contributed by atoms with van der Waals surface area (Å²) in [7, 11) is 4.86. The van der Waals surface area contributed by atoms with E-state index in [0.717, 1.165) is 22.3 Å². The fraction of sp³-hybridized carbons (Fsp3) is 0.286. The number of aliphatic hydroxyl groups is 1. The average Bonchev–Trinajstić information content (AvgIpc) is 2.88. The van der Waals surface area contributed by atoms with E-state index in [1.54, 1.807) is 21.3 Å². The van der Waals surface area contributed by atoms with Crippen molar-refractivity contribution in [3.63, 3.8) is 0 Å². The van der Waals surface area contributed by atoms with Crippen LogP contribution in [-0.2, 0) is 13.0 Å². The molecule has 0 bridgehead atoms. The molecule has 3 aromatic rings. The van der Waals surface area contributed by atoms with Crippen LogP contribution in [0.1, 0.15) is 23.1 Å². The molecule has 0 aromatic heterocycles. The lowest BCUT2D eigenvalue weighted by Gasteiger charge is -2.18. The standard InChI is InChI=1S/C28H32O5/c1-20(24-11-13-25(30-2)28(17-24)32-4)14-23(18-29)15-22-10-12-26(27(16-22)31-3)33-19-21-8-6-5-7-9-21/h5-13,16-17,23,29H,1,14-15,18-19H2,2-4H3/t23-/m0/s1/i29T. The molecule has 0 unspecified atom stereocenters. The molecular weight excluding hydrogens is 416 g/mol. The largest absolute Gasteiger partial charge is 0.493 e. The highest BCUT2D eigenvalue weighted by atomic mass is 16.5. The second kappa shape index (κ2) is 12.0. The number of allylic oxidation sites excluding steroid dienone is 1. The van der Waals surface area contributed by atoms with E-state index in [1.165, 1.54) is 0 Å². The molecule has 1 N–H and O–H groups in total. The van der Waals surface area contributed by atoms with E-state index in [-0.39, 0.29) is 5.92 Å². The van der Waals surface area contributed by atoms with Gasteiger partial charge in [-0.05, 0) is 65.3 Å². The van der Waals surface area contributed by atoms with Crippen molar-refractivity contribution in [1.82, 2.24) is 0 Å². The third kappa shape index (κ3) is 6.53. The minimum absolute atomic E-state index is 0.0684. The van der Waals surface area contributed by atoms with Crippen LogP contribution in [0.15, 0.2) is 73.3 Å². The van der Waals surface area contributed by atoms with Crippen molar-refractivity contribution in [2.45, 2.75) is 19.4 Å². The maximum absolute atomic E-state index is 7.30. The summed E-state index contributed by atoms with van der Waals surface area (Å²) < 4.78 is 29.6. The summed E-state index contributed by atoms with van der Waals surface area (Å²) in [6.07, 6.45) is 1.38. The van der Waals surface area contributed by atoms with Crippen molar-refractivity contribution in [3.8, 4) is 23.0 Å². The van der Waals surface area contributed by atoms with Gasteiger partial charge in [0.25, 0.3) is 0 Å². The molecule has 0 saturated carbocycles. The minimum Gasteiger partial charge on any atom is -0.493 e. The van der Waals surface area contributed by atoms with Crippen molar-refractivity contribution in [2.24, 2.45) is 5.92 Å². The summed E-state index contributed by atoms with van der Waals surface area (Å²) >= 11 is 0. The Morgan fingerprint density at radius 3 is 2.24 bits per heavy atom. The summed E-state index contributed by atoms with van der Waals surface area (Å²) in [5.74, 6) is 2.77. The normalized spacial score (nSPS) is 11.9. The maximum atomic E-state index is 7.30. The number of hydrogen-bond acceptors (Lipinski definition) is 5. The fourth-order valence-corrected chi connectivity index (χ4v) is 3.74. The van der Waals surface area contributed by atoms with Crippen LogP contribution in [0.25, 0.3) is 5.57 Å². The third-order valence-electron chi connectivity index (χ3n) is 5.55. The van der Waals surface area contributed by atoms with E-state index in [9.17, 15) is 0 Å². The van der Waals surface area contributed by atoms with Crippen LogP contribution in [0.2, 0.25) is 0 Å². The Bertz CT molecular complexity index is 1070. The van der Waals surface area contributed by atoms with E-state index in [4.69, 9.17) is 25.5 Å². The predicted molar refractivity (Wildman–Crippen MR) is 131 cm³/mol. The molecule has 0 fully saturated rings. The fourth-order valence-electron chi connectivity index (χ4n) is 3.74. The molecule has 0 saturated heterocycles. The number of hydrogen-bond donors (Lipinski definition) is 1. The van der Waals surface area contributed by atoms with Crippen LogP contribution in [0.5, 0.6) is 23.0 Å². The molecule has 0 aliphatic carbocycles. The Labute approximate surface area is 197 Å². The van der Waals surface area contributed by atoms with Gasteiger partial charge in [0.1, 0.15) is 6.61 Å². The van der Waals surface area contributed by atoms with Gasteiger partial charge in [-0.3, -0.25) is 0 Å². The maximum Gasteiger partial charge on any atom is 0.210 e. The van der Waals surface area contributed by atoms with Gasteiger partial charge < -0.3 is 24.1 Å². The van der Waals surface area contributed by atoms with Crippen molar-refractivity contribution in [2.75, 3.05) is 27.9 Å². The molecule has 3 rings (SSSR count). The molecule has 1 atom stereocenters. The summed E-state index contributed by atoms with van der Waals surface area (Å²) in [6, 6.07) is 21.7. The number of benzene rings is 3. The van der Waals surface area contributed by atoms with E-state index in [2.05, 4.69) is 6.58 Å². The molecule has 0 aliphatic rings. The topological polar surface area (TPSA) is 57.2 Å². The van der Waals surface area contributed by atoms with Crippen LogP contribution in [0.3, 0.4) is 0 Å². The van der Waals surface area contributed by atoms with Crippen LogP contribution in [0, 0.1) is 5.92 Å². The van der Waals surface area contributed by atoms with Crippen molar-refractivity contribution < 1.29 is 24.1 Å². The van der Waals surface area contributed by atoms with Crippen molar-refractivity contribution >= 4 is 5.57 Å². The van der Waals surface area contributed by atoms with Gasteiger partial charge in [-0.15, -0.1) is 0 Å². The van der Waals surface area contributed by atoms with Crippen LogP contribution in [-0.4, -0.2) is 34.5 Å². The SMILES string of the molecule is [3H]OC[C@@H](CC(=C)c1ccc(OC)c(OC)c1)Cc1ccc(OCc2ccccc2)c(OC)c1. The summed E-state index contributed by atoms with van der Waals surface area (Å²) in [5, 5.41) is 4.77. The molecule has 5 nitrogen and oxygen atoms in total. The number of aliphatic hydroxyl groups excluding tert-OH is 1. The van der Waals surface area contributed by atoms with Gasteiger partial charge >= 0.3 is 0 Å². The van der Waals surface area contributed by atoms with Crippen LogP contribution >= 0.6 is 0 Å². The lowest BCUT2D eigenvalue weighted by molar-refractivity contribution is 0.228. The van der Waals surface area contributed by atoms with Gasteiger partial charge in [0.05, 0.1) is 21.3 Å². The Morgan fingerprint density at radius 2 is 1.55 bits per heavy atom. The first kappa shape index (κ1) is 22.7. The van der Waals surface area contributed by atoms with E-state index < -0.39 is 0 Å². The highest BCUT2D eigenvalue weighted by Gasteiger charge is 2.15. The molecule has 5 heteroatoms. The first-order chi connectivity index (χ1) is 16.6. The zero-order valence-corrected chi connectivity index (χ0v) is 19.5. The molecule has 0 amide bonds. The second-order valence-electron chi connectivity index (χ2n) is 7.87. The van der Waals surface area contributed by atoms with E-state index in [0.29, 0.717) is 49.1 Å². The van der Waals surface area contributed by atoms with Gasteiger partial charge in [-0.2, -0.15) is 0 Å². The van der Waals surface area contributed by atoms with Crippen molar-refractivity contribution in [1.29, 1.82) is 1.43 Å². The molecule has 0 radical (unpaired) electrons. The predicted octanol–water partition coefficient (Wildman–Crippen LogP) is 5.55. The lowest BCUT2D eigenvalue weighted by atomic mass is 9.90. The van der Waals surface area contributed by atoms with Gasteiger partial charge in [0.2, 0.25) is 1.43 Å². The Morgan fingerprint density at radius 1 is 0.848 bits per heavy atom. The van der Waals surface area contributed by atoms with E-state index >= 15 is 0 Å². The minimum atomic E-state index is 0.0684. The zero-order valence-electron chi connectivity index (χ0n) is 20.5. The van der Waals surface area contributed by atoms with Gasteiger partial charge in [-0.25, -0.2) is 0 Å². The van der Waals surface area contributed by atoms with Gasteiger partial charge in [-0.1, -0.05) is 49.0 Å². The zero-order chi connectivity index (χ0) is 24.3. The lowest BCUT2D eigenvalue weighted by Crippen LogP contribution is -2.11. The summed E-state index contributed by atoms with van der Waals surface area (Å²) in [4.78, 5) is 0. The van der Waals surface area contributed by atoms with Gasteiger partial charge in [0.15, 0.2) is 23.0 Å². The molecule has 0 heterocycles. The molecule has 33 heavy (non-hydrogen) atoms. The average molecular weight is 451 g/mol. The van der Waals surface area contributed by atoms with E-state index in [1.807, 2.05) is 66.7 Å². The van der Waals surface area contributed by atoms with Crippen LogP contribution < -0.4 is 18.9 Å². The number of ether oxygens (including phenoxy) is 4. The number of methoxy groups -OCH3 is 3. The first-order valence-corrected chi connectivity index (χ1v) is 10.9. The Hall–Kier alpha value is -3.44. The summed E-state index contributed by atoms with van der Waals surface area (Å²) in [6.45, 7) is 5.02. The Kier molecular flexibility index (Phi) is 8.25. The highest BCUT2D eigenvalue weighted by molar-refractivity contribution is 5.66. The quantitative estimate of drug-likeness (QED) is 0.370. The van der Waals surface area contributed by atoms with Crippen molar-refractivity contribution in [3.05, 3.63) is 90.0 Å². The Balaban J connectivity index is 1.69. The summed E-state index contributed by atoms with van der Waals surface area (Å²) in [5.41, 5.74) is 4.08.